The van der Waals surface area contributed by atoms with Crippen molar-refractivity contribution in [3.05, 3.63) is 104 Å². The van der Waals surface area contributed by atoms with E-state index in [0.29, 0.717) is 110 Å². The van der Waals surface area contributed by atoms with Crippen LogP contribution >= 0.6 is 0 Å². The summed E-state index contributed by atoms with van der Waals surface area (Å²) < 4.78 is 58.3. The third-order valence-corrected chi connectivity index (χ3v) is 14.5. The van der Waals surface area contributed by atoms with E-state index in [1.165, 1.54) is 13.0 Å². The third-order valence-electron chi connectivity index (χ3n) is 14.5. The van der Waals surface area contributed by atoms with E-state index in [1.807, 2.05) is 42.5 Å². The minimum Gasteiger partial charge on any atom is -1.00 e. The van der Waals surface area contributed by atoms with Crippen LogP contribution in [0.15, 0.2) is 54.1 Å². The zero-order chi connectivity index (χ0) is 52.3. The first-order valence-corrected chi connectivity index (χ1v) is 24.2. The molecule has 0 aliphatic carbocycles. The quantitative estimate of drug-likeness (QED) is 0.0372. The van der Waals surface area contributed by atoms with E-state index in [-0.39, 0.29) is 75.5 Å². The van der Waals surface area contributed by atoms with Crippen LogP contribution in [0.25, 0.3) is 0 Å². The van der Waals surface area contributed by atoms with Crippen LogP contribution in [0.2, 0.25) is 0 Å². The average Bonchev–Trinajstić information content (AvgIpc) is 3.39. The monoisotopic (exact) mass is 1070 g/mol. The molecular weight excluding hydrogens is 1000 g/mol. The summed E-state index contributed by atoms with van der Waals surface area (Å²) >= 11 is 0. The number of methoxy groups -OCH3 is 8. The number of carbonyl (C=O) groups is 2. The van der Waals surface area contributed by atoms with Crippen LogP contribution in [0, 0.1) is 0 Å². The molecule has 0 saturated heterocycles. The van der Waals surface area contributed by atoms with Crippen molar-refractivity contribution in [1.29, 1.82) is 0 Å². The SMILES string of the molecule is COc1cc2c(cc1OC)[C@@H](c1cc(CO)c(OC)c(OC)c1)[N@+](C)(CCCOC(=O)/C=C(\C)C(=O)OCCC[N@@+]1(C)CCc3cc(CO)c(CO)c(OC)c3[C@@H]1Cc1cc(OC)c(OC)c(OC)c1)CC2.[Cl-].[Cl-]. The highest BCUT2D eigenvalue weighted by Gasteiger charge is 2.44. The molecular formula is C55H74Cl2N2O15. The lowest BCUT2D eigenvalue weighted by Crippen LogP contribution is -3.00. The number of fused-ring (bicyclic) bond motifs is 2. The summed E-state index contributed by atoms with van der Waals surface area (Å²) in [6.45, 7) is 3.72. The summed E-state index contributed by atoms with van der Waals surface area (Å²) in [6, 6.07) is 13.4. The number of hydrogen-bond donors (Lipinski definition) is 3. The lowest BCUT2D eigenvalue weighted by molar-refractivity contribution is -0.941. The van der Waals surface area contributed by atoms with Crippen molar-refractivity contribution in [2.24, 2.45) is 0 Å². The van der Waals surface area contributed by atoms with E-state index in [9.17, 15) is 24.9 Å². The fourth-order valence-corrected chi connectivity index (χ4v) is 10.8. The number of rotatable bonds is 24. The largest absolute Gasteiger partial charge is 1.00 e. The Morgan fingerprint density at radius 2 is 1.14 bits per heavy atom. The number of nitrogens with zero attached hydrogens (tertiary/aromatic N) is 2. The van der Waals surface area contributed by atoms with Crippen LogP contribution < -0.4 is 62.7 Å². The highest BCUT2D eigenvalue weighted by atomic mass is 35.5. The fraction of sp³-hybridized carbons (Fsp3) is 0.491. The Labute approximate surface area is 447 Å². The van der Waals surface area contributed by atoms with Crippen LogP contribution in [-0.2, 0) is 58.1 Å². The maximum Gasteiger partial charge on any atom is 0.333 e. The summed E-state index contributed by atoms with van der Waals surface area (Å²) in [5, 5.41) is 31.1. The molecule has 0 bridgehead atoms. The first-order chi connectivity index (χ1) is 34.6. The maximum atomic E-state index is 13.3. The Morgan fingerprint density at radius 1 is 0.595 bits per heavy atom. The number of aliphatic hydroxyl groups is 3. The number of benzene rings is 4. The van der Waals surface area contributed by atoms with E-state index < -0.39 is 11.9 Å². The first-order valence-electron chi connectivity index (χ1n) is 24.2. The molecule has 3 N–H and O–H groups in total. The second kappa shape index (κ2) is 27.2. The van der Waals surface area contributed by atoms with Crippen molar-refractivity contribution < 1.29 is 106 Å². The topological polar surface area (TPSA) is 187 Å². The molecule has 4 aromatic carbocycles. The molecule has 0 fully saturated rings. The van der Waals surface area contributed by atoms with Gasteiger partial charge in [-0.2, -0.15) is 0 Å². The van der Waals surface area contributed by atoms with Crippen molar-refractivity contribution in [1.82, 2.24) is 0 Å². The van der Waals surface area contributed by atoms with Crippen molar-refractivity contribution in [2.45, 2.75) is 70.9 Å². The number of halogens is 2. The molecule has 408 valence electrons. The molecule has 0 aromatic heterocycles. The van der Waals surface area contributed by atoms with E-state index in [0.717, 1.165) is 52.9 Å². The molecule has 74 heavy (non-hydrogen) atoms. The van der Waals surface area contributed by atoms with Gasteiger partial charge in [-0.05, 0) is 65.6 Å². The smallest absolute Gasteiger partial charge is 0.333 e. The van der Waals surface area contributed by atoms with Crippen LogP contribution in [0.3, 0.4) is 0 Å². The number of quaternary nitrogens is 2. The minimum atomic E-state index is -0.641. The van der Waals surface area contributed by atoms with Crippen LogP contribution in [0.5, 0.6) is 46.0 Å². The molecule has 2 aliphatic heterocycles. The number of ether oxygens (including phenoxy) is 10. The molecule has 6 rings (SSSR count). The van der Waals surface area contributed by atoms with Gasteiger partial charge in [-0.25, -0.2) is 9.59 Å². The molecule has 4 aromatic rings. The van der Waals surface area contributed by atoms with Gasteiger partial charge in [0.15, 0.2) is 34.5 Å². The van der Waals surface area contributed by atoms with Crippen LogP contribution in [0.4, 0.5) is 0 Å². The van der Waals surface area contributed by atoms with Gasteiger partial charge < -0.3 is 96.5 Å². The van der Waals surface area contributed by atoms with Crippen molar-refractivity contribution >= 4 is 11.9 Å². The van der Waals surface area contributed by atoms with Crippen molar-refractivity contribution in [2.75, 3.05) is 110 Å². The van der Waals surface area contributed by atoms with Gasteiger partial charge in [0.25, 0.3) is 0 Å². The lowest BCUT2D eigenvalue weighted by Gasteiger charge is -2.46. The van der Waals surface area contributed by atoms with E-state index in [4.69, 9.17) is 47.4 Å². The Bertz CT molecular complexity index is 2560. The molecule has 0 spiro atoms. The Kier molecular flexibility index (Phi) is 22.4. The van der Waals surface area contributed by atoms with Gasteiger partial charge in [0, 0.05) is 66.0 Å². The molecule has 0 saturated carbocycles. The summed E-state index contributed by atoms with van der Waals surface area (Å²) in [4.78, 5) is 26.4. The predicted octanol–water partition coefficient (Wildman–Crippen LogP) is 0.132. The predicted molar refractivity (Wildman–Crippen MR) is 268 cm³/mol. The van der Waals surface area contributed by atoms with E-state index in [1.54, 1.807) is 56.9 Å². The lowest BCUT2D eigenvalue weighted by atomic mass is 9.83. The van der Waals surface area contributed by atoms with Gasteiger partial charge >= 0.3 is 11.9 Å². The van der Waals surface area contributed by atoms with E-state index in [2.05, 4.69) is 14.1 Å². The van der Waals surface area contributed by atoms with Crippen molar-refractivity contribution in [3.63, 3.8) is 0 Å². The van der Waals surface area contributed by atoms with Gasteiger partial charge in [-0.3, -0.25) is 0 Å². The molecule has 0 unspecified atom stereocenters. The van der Waals surface area contributed by atoms with Gasteiger partial charge in [-0.1, -0.05) is 6.07 Å². The number of carbonyl (C=O) groups excluding carboxylic acids is 2. The molecule has 0 amide bonds. The summed E-state index contributed by atoms with van der Waals surface area (Å²) in [7, 11) is 17.0. The van der Waals surface area contributed by atoms with Crippen LogP contribution in [-0.4, -0.2) is 147 Å². The van der Waals surface area contributed by atoms with E-state index >= 15 is 0 Å². The molecule has 2 heterocycles. The standard InChI is InChI=1S/C55H74N2O15.2ClH/c1-34(22-49(61)71-20-13-17-57(3)19-14-36-28-44(63-4)45(64-5)30-41(36)51(57)38-27-40(32-59)52(68-9)48(29-38)67-8)55(62)72-21-12-16-56(2)18-15-37-26-39(31-58)42(33-60)53(69-10)50(37)43(56)23-35-24-46(65-6)54(70-11)47(25-35)66-7;;/h22,24-30,43,51,58-60H,12-21,23,31-33H2,1-11H3;2*1H/q+2;;/p-2/b34-22+;;/t43-,51+,56-,57+;;/m0../s1. The van der Waals surface area contributed by atoms with Gasteiger partial charge in [0.2, 0.25) is 5.75 Å². The molecule has 2 aliphatic rings. The molecule has 0 radical (unpaired) electrons. The van der Waals surface area contributed by atoms with Crippen LogP contribution in [0.1, 0.15) is 81.9 Å². The molecule has 4 atom stereocenters. The molecule has 17 nitrogen and oxygen atoms in total. The fourth-order valence-electron chi connectivity index (χ4n) is 10.8. The minimum absolute atomic E-state index is 0. The molecule has 19 heteroatoms. The summed E-state index contributed by atoms with van der Waals surface area (Å²) in [5.74, 6) is 3.05. The zero-order valence-corrected chi connectivity index (χ0v) is 46.1. The second-order valence-electron chi connectivity index (χ2n) is 18.8. The zero-order valence-electron chi connectivity index (χ0n) is 44.6. The number of aliphatic hydroxyl groups excluding tert-OH is 3. The third kappa shape index (κ3) is 12.9. The highest BCUT2D eigenvalue weighted by molar-refractivity contribution is 5.95. The van der Waals surface area contributed by atoms with Gasteiger partial charge in [0.1, 0.15) is 17.8 Å². The Balaban J connectivity index is 0.00000593. The number of hydrogen-bond acceptors (Lipinski definition) is 15. The highest BCUT2D eigenvalue weighted by Crippen LogP contribution is 2.49. The van der Waals surface area contributed by atoms with Gasteiger partial charge in [-0.15, -0.1) is 0 Å². The Hall–Kier alpha value is -5.66. The number of likely N-dealkylation sites (N-methyl/N-ethyl adjacent to an activating group) is 2. The second-order valence-corrected chi connectivity index (χ2v) is 18.8. The maximum absolute atomic E-state index is 13.3. The normalized spacial score (nSPS) is 18.8. The van der Waals surface area contributed by atoms with Crippen molar-refractivity contribution in [3.8, 4) is 46.0 Å². The summed E-state index contributed by atoms with van der Waals surface area (Å²) in [5.41, 5.74) is 7.88. The Morgan fingerprint density at radius 3 is 1.70 bits per heavy atom. The first kappa shape index (κ1) is 60.9. The van der Waals surface area contributed by atoms with Gasteiger partial charge in [0.05, 0.1) is 136 Å². The average molecular weight is 1070 g/mol. The summed E-state index contributed by atoms with van der Waals surface area (Å²) in [6.07, 6.45) is 4.20. The number of esters is 2.